The highest BCUT2D eigenvalue weighted by Crippen LogP contribution is 2.17. The maximum Gasteiger partial charge on any atom is 0.276 e. The first-order chi connectivity index (χ1) is 8.20. The molecule has 1 amide bonds. The third kappa shape index (κ3) is 2.52. The molecule has 17 heavy (non-hydrogen) atoms. The van der Waals surface area contributed by atoms with Crippen LogP contribution in [0.4, 0.5) is 11.5 Å². The lowest BCUT2D eigenvalue weighted by molar-refractivity contribution is 0.102. The van der Waals surface area contributed by atoms with Crippen LogP contribution >= 0.6 is 11.6 Å². The van der Waals surface area contributed by atoms with Gasteiger partial charge in [-0.25, -0.2) is 10.8 Å². The van der Waals surface area contributed by atoms with E-state index < -0.39 is 5.91 Å². The topological polar surface area (TPSA) is 106 Å². The highest BCUT2D eigenvalue weighted by molar-refractivity contribution is 6.34. The molecular formula is C9H8ClN5O2. The van der Waals surface area contributed by atoms with Gasteiger partial charge in [0, 0.05) is 0 Å². The molecule has 0 saturated heterocycles. The summed E-state index contributed by atoms with van der Waals surface area (Å²) < 4.78 is 4.58. The summed E-state index contributed by atoms with van der Waals surface area (Å²) in [6, 6.07) is 3.07. The zero-order chi connectivity index (χ0) is 12.3. The number of aromatic nitrogens is 2. The monoisotopic (exact) mass is 253 g/mol. The van der Waals surface area contributed by atoms with Crippen LogP contribution in [-0.2, 0) is 0 Å². The number of hydrazine groups is 1. The zero-order valence-electron chi connectivity index (χ0n) is 8.48. The Morgan fingerprint density at radius 1 is 1.47 bits per heavy atom. The molecule has 0 fully saturated rings. The normalized spacial score (nSPS) is 10.0. The minimum Gasteiger partial charge on any atom is -0.363 e. The number of carbonyl (C=O) groups is 1. The smallest absolute Gasteiger partial charge is 0.276 e. The van der Waals surface area contributed by atoms with Gasteiger partial charge >= 0.3 is 0 Å². The van der Waals surface area contributed by atoms with Crippen molar-refractivity contribution in [3.05, 3.63) is 35.3 Å². The summed E-state index contributed by atoms with van der Waals surface area (Å²) in [4.78, 5) is 15.7. The highest BCUT2D eigenvalue weighted by atomic mass is 35.5. The van der Waals surface area contributed by atoms with Crippen molar-refractivity contribution in [1.29, 1.82) is 0 Å². The van der Waals surface area contributed by atoms with Gasteiger partial charge in [-0.3, -0.25) is 4.79 Å². The van der Waals surface area contributed by atoms with Gasteiger partial charge in [-0.15, -0.1) is 0 Å². The fraction of sp³-hybridized carbons (Fsp3) is 0. The van der Waals surface area contributed by atoms with Gasteiger partial charge in [-0.2, -0.15) is 0 Å². The van der Waals surface area contributed by atoms with Crippen molar-refractivity contribution in [2.24, 2.45) is 5.84 Å². The van der Waals surface area contributed by atoms with Gasteiger partial charge in [0.15, 0.2) is 0 Å². The molecule has 0 spiro atoms. The predicted molar refractivity (Wildman–Crippen MR) is 61.5 cm³/mol. The van der Waals surface area contributed by atoms with Crippen molar-refractivity contribution < 1.29 is 9.32 Å². The van der Waals surface area contributed by atoms with Crippen molar-refractivity contribution >= 4 is 29.0 Å². The number of nitrogens with two attached hydrogens (primary N) is 1. The summed E-state index contributed by atoms with van der Waals surface area (Å²) in [5, 5.41) is 6.19. The van der Waals surface area contributed by atoms with Crippen molar-refractivity contribution in [1.82, 2.24) is 10.1 Å². The Kier molecular flexibility index (Phi) is 3.22. The zero-order valence-corrected chi connectivity index (χ0v) is 9.23. The van der Waals surface area contributed by atoms with E-state index in [2.05, 4.69) is 25.4 Å². The number of carbonyl (C=O) groups excluding carboxylic acids is 1. The second kappa shape index (κ2) is 4.81. The maximum atomic E-state index is 11.8. The maximum absolute atomic E-state index is 11.8. The van der Waals surface area contributed by atoms with Gasteiger partial charge in [0.05, 0.1) is 11.2 Å². The summed E-state index contributed by atoms with van der Waals surface area (Å²) in [6.07, 6.45) is 2.65. The molecule has 88 valence electrons. The van der Waals surface area contributed by atoms with Crippen LogP contribution in [0.5, 0.6) is 0 Å². The average molecular weight is 254 g/mol. The van der Waals surface area contributed by atoms with Crippen LogP contribution in [0.25, 0.3) is 0 Å². The molecule has 2 heterocycles. The molecule has 8 heteroatoms. The van der Waals surface area contributed by atoms with Crippen LogP contribution in [0.2, 0.25) is 5.02 Å². The first-order valence-electron chi connectivity index (χ1n) is 4.54. The number of nitrogen functional groups attached to an aromatic ring is 1. The van der Waals surface area contributed by atoms with E-state index in [1.54, 1.807) is 6.07 Å². The Balaban J connectivity index is 2.24. The predicted octanol–water partition coefficient (Wildman–Crippen LogP) is 1.26. The fourth-order valence-corrected chi connectivity index (χ4v) is 1.33. The van der Waals surface area contributed by atoms with Gasteiger partial charge in [0.25, 0.3) is 5.91 Å². The quantitative estimate of drug-likeness (QED) is 0.562. The van der Waals surface area contributed by atoms with E-state index in [9.17, 15) is 4.79 Å². The molecule has 0 aliphatic heterocycles. The Morgan fingerprint density at radius 3 is 2.94 bits per heavy atom. The number of pyridine rings is 1. The lowest BCUT2D eigenvalue weighted by Crippen LogP contribution is -2.16. The summed E-state index contributed by atoms with van der Waals surface area (Å²) >= 11 is 5.86. The summed E-state index contributed by atoms with van der Waals surface area (Å²) in [7, 11) is 0. The molecule has 0 atom stereocenters. The second-order valence-electron chi connectivity index (χ2n) is 3.04. The molecule has 0 unspecified atom stereocenters. The molecule has 0 saturated carbocycles. The van der Waals surface area contributed by atoms with Crippen molar-refractivity contribution in [2.45, 2.75) is 0 Å². The Bertz CT molecular complexity index is 528. The molecule has 0 aromatic carbocycles. The average Bonchev–Trinajstić information content (AvgIpc) is 2.82. The number of rotatable bonds is 3. The molecule has 0 aliphatic carbocycles. The third-order valence-electron chi connectivity index (χ3n) is 1.90. The van der Waals surface area contributed by atoms with E-state index in [4.69, 9.17) is 17.4 Å². The number of hydrogen-bond donors (Lipinski definition) is 3. The third-order valence-corrected chi connectivity index (χ3v) is 2.20. The first kappa shape index (κ1) is 11.4. The van der Waals surface area contributed by atoms with E-state index in [1.807, 2.05) is 0 Å². The number of amides is 1. The molecule has 4 N–H and O–H groups in total. The van der Waals surface area contributed by atoms with Gasteiger partial charge in [0.2, 0.25) is 0 Å². The lowest BCUT2D eigenvalue weighted by atomic mass is 10.3. The Morgan fingerprint density at radius 2 is 2.29 bits per heavy atom. The number of hydrogen-bond acceptors (Lipinski definition) is 6. The number of anilines is 2. The van der Waals surface area contributed by atoms with E-state index in [0.29, 0.717) is 11.5 Å². The van der Waals surface area contributed by atoms with Crippen LogP contribution in [0.1, 0.15) is 10.5 Å². The van der Waals surface area contributed by atoms with Crippen LogP contribution in [-0.4, -0.2) is 16.0 Å². The molecule has 2 rings (SSSR count). The van der Waals surface area contributed by atoms with E-state index >= 15 is 0 Å². The van der Waals surface area contributed by atoms with Crippen LogP contribution < -0.4 is 16.6 Å². The molecule has 0 bridgehead atoms. The largest absolute Gasteiger partial charge is 0.363 e. The van der Waals surface area contributed by atoms with Gasteiger partial charge in [-0.05, 0) is 12.1 Å². The van der Waals surface area contributed by atoms with E-state index in [0.717, 1.165) is 0 Å². The van der Waals surface area contributed by atoms with Crippen LogP contribution in [0.15, 0.2) is 29.1 Å². The molecule has 2 aromatic heterocycles. The minimum absolute atomic E-state index is 0.0586. The van der Waals surface area contributed by atoms with Gasteiger partial charge in [-0.1, -0.05) is 16.8 Å². The lowest BCUT2D eigenvalue weighted by Gasteiger charge is -2.05. The highest BCUT2D eigenvalue weighted by Gasteiger charge is 2.14. The number of nitrogens with zero attached hydrogens (tertiary/aromatic N) is 2. The number of nitrogens with one attached hydrogen (secondary N) is 2. The fourth-order valence-electron chi connectivity index (χ4n) is 1.14. The van der Waals surface area contributed by atoms with Crippen molar-refractivity contribution in [2.75, 3.05) is 10.7 Å². The summed E-state index contributed by atoms with van der Waals surface area (Å²) in [5.41, 5.74) is 2.80. The Hall–Kier alpha value is -2.12. The standard InChI is InChI=1S/C9H8ClN5O2/c10-6-1-2-7(15-11)14-8(6)9(16)13-5-3-12-17-4-5/h1-4H,11H2,(H,13,16)(H,14,15). The summed E-state index contributed by atoms with van der Waals surface area (Å²) in [5.74, 6) is 5.05. The molecule has 7 nitrogen and oxygen atoms in total. The molecule has 2 aromatic rings. The van der Waals surface area contributed by atoms with Crippen LogP contribution in [0.3, 0.4) is 0 Å². The first-order valence-corrected chi connectivity index (χ1v) is 4.92. The second-order valence-corrected chi connectivity index (χ2v) is 3.45. The van der Waals surface area contributed by atoms with Crippen molar-refractivity contribution in [3.8, 4) is 0 Å². The SMILES string of the molecule is NNc1ccc(Cl)c(C(=O)Nc2cnoc2)n1. The molecule has 0 aliphatic rings. The summed E-state index contributed by atoms with van der Waals surface area (Å²) in [6.45, 7) is 0. The van der Waals surface area contributed by atoms with Crippen LogP contribution in [0, 0.1) is 0 Å². The molecular weight excluding hydrogens is 246 g/mol. The Labute approximate surface area is 101 Å². The van der Waals surface area contributed by atoms with E-state index in [-0.39, 0.29) is 10.7 Å². The van der Waals surface area contributed by atoms with Gasteiger partial charge < -0.3 is 15.3 Å². The van der Waals surface area contributed by atoms with Gasteiger partial charge in [0.1, 0.15) is 23.5 Å². The van der Waals surface area contributed by atoms with Crippen molar-refractivity contribution in [3.63, 3.8) is 0 Å². The van der Waals surface area contributed by atoms with E-state index in [1.165, 1.54) is 18.5 Å². The molecule has 0 radical (unpaired) electrons. The minimum atomic E-state index is -0.477. The number of halogens is 1.